The van der Waals surface area contributed by atoms with Crippen LogP contribution in [-0.2, 0) is 9.59 Å². The van der Waals surface area contributed by atoms with Crippen LogP contribution in [0.25, 0.3) is 0 Å². The number of rotatable bonds is 5. The first-order valence-corrected chi connectivity index (χ1v) is 6.76. The Labute approximate surface area is 115 Å². The van der Waals surface area contributed by atoms with E-state index in [9.17, 15) is 9.59 Å². The molecule has 0 radical (unpaired) electrons. The second-order valence-corrected chi connectivity index (χ2v) is 4.82. The maximum atomic E-state index is 11.7. The largest absolute Gasteiger partial charge is 0.356 e. The second kappa shape index (κ2) is 8.54. The highest BCUT2D eigenvalue weighted by molar-refractivity contribution is 5.78. The first kappa shape index (κ1) is 15.5. The summed E-state index contributed by atoms with van der Waals surface area (Å²) in [5.74, 6) is 6.01. The first-order valence-electron chi connectivity index (χ1n) is 6.76. The van der Waals surface area contributed by atoms with Gasteiger partial charge in [0.1, 0.15) is 0 Å². The van der Waals surface area contributed by atoms with Crippen LogP contribution < -0.4 is 5.32 Å². The van der Waals surface area contributed by atoms with Crippen molar-refractivity contribution in [2.45, 2.75) is 26.2 Å². The third-order valence-corrected chi connectivity index (χ3v) is 3.08. The van der Waals surface area contributed by atoms with Gasteiger partial charge in [-0.25, -0.2) is 0 Å². The van der Waals surface area contributed by atoms with E-state index in [0.717, 1.165) is 19.6 Å². The molecule has 0 spiro atoms. The van der Waals surface area contributed by atoms with Gasteiger partial charge in [0.05, 0.1) is 13.1 Å². The Kier molecular flexibility index (Phi) is 6.98. The standard InChI is InChI=1S/C14H23N3O2/c1-13(18)15-8-7-14(19)16(2)9-3-4-10-17-11-5-6-12-17/h5-12H2,1-2H3,(H,15,18). The Morgan fingerprint density at radius 1 is 1.26 bits per heavy atom. The Morgan fingerprint density at radius 2 is 1.95 bits per heavy atom. The summed E-state index contributed by atoms with van der Waals surface area (Å²) in [6.07, 6.45) is 2.86. The molecular weight excluding hydrogens is 242 g/mol. The lowest BCUT2D eigenvalue weighted by atomic mass is 10.3. The van der Waals surface area contributed by atoms with Crippen LogP contribution in [0.15, 0.2) is 0 Å². The zero-order valence-electron chi connectivity index (χ0n) is 11.9. The molecule has 0 aromatic heterocycles. The van der Waals surface area contributed by atoms with Crippen LogP contribution in [-0.4, -0.2) is 61.4 Å². The van der Waals surface area contributed by atoms with Gasteiger partial charge >= 0.3 is 0 Å². The Hall–Kier alpha value is -1.54. The smallest absolute Gasteiger partial charge is 0.224 e. The first-order chi connectivity index (χ1) is 9.09. The van der Waals surface area contributed by atoms with Gasteiger partial charge in [0.15, 0.2) is 0 Å². The molecule has 1 N–H and O–H groups in total. The number of nitrogens with zero attached hydrogens (tertiary/aromatic N) is 2. The third-order valence-electron chi connectivity index (χ3n) is 3.08. The summed E-state index contributed by atoms with van der Waals surface area (Å²) in [5.41, 5.74) is 0. The zero-order valence-corrected chi connectivity index (χ0v) is 11.9. The Balaban J connectivity index is 2.14. The number of hydrogen-bond acceptors (Lipinski definition) is 3. The molecule has 19 heavy (non-hydrogen) atoms. The monoisotopic (exact) mass is 265 g/mol. The van der Waals surface area contributed by atoms with Crippen LogP contribution in [0.3, 0.4) is 0 Å². The lowest BCUT2D eigenvalue weighted by Gasteiger charge is -2.14. The van der Waals surface area contributed by atoms with E-state index in [0.29, 0.717) is 19.5 Å². The van der Waals surface area contributed by atoms with Crippen LogP contribution in [0.1, 0.15) is 26.2 Å². The number of likely N-dealkylation sites (tertiary alicyclic amines) is 1. The molecule has 1 saturated heterocycles. The Morgan fingerprint density at radius 3 is 2.58 bits per heavy atom. The van der Waals surface area contributed by atoms with E-state index in [-0.39, 0.29) is 11.8 Å². The number of carbonyl (C=O) groups is 2. The fraction of sp³-hybridized carbons (Fsp3) is 0.714. The average Bonchev–Trinajstić information content (AvgIpc) is 2.86. The van der Waals surface area contributed by atoms with Crippen molar-refractivity contribution >= 4 is 11.8 Å². The fourth-order valence-corrected chi connectivity index (χ4v) is 1.91. The van der Waals surface area contributed by atoms with Crippen LogP contribution >= 0.6 is 0 Å². The highest BCUT2D eigenvalue weighted by Crippen LogP contribution is 2.05. The number of hydrogen-bond donors (Lipinski definition) is 1. The van der Waals surface area contributed by atoms with E-state index in [1.807, 2.05) is 0 Å². The van der Waals surface area contributed by atoms with E-state index in [4.69, 9.17) is 0 Å². The van der Waals surface area contributed by atoms with E-state index >= 15 is 0 Å². The molecule has 0 bridgehead atoms. The molecule has 0 aliphatic carbocycles. The van der Waals surface area contributed by atoms with Gasteiger partial charge in [0, 0.05) is 26.9 Å². The predicted octanol–water partition coefficient (Wildman–Crippen LogP) is 0.0702. The van der Waals surface area contributed by atoms with Crippen molar-refractivity contribution in [3.8, 4) is 11.8 Å². The molecule has 0 saturated carbocycles. The van der Waals surface area contributed by atoms with Crippen molar-refractivity contribution < 1.29 is 9.59 Å². The van der Waals surface area contributed by atoms with Gasteiger partial charge < -0.3 is 10.2 Å². The third kappa shape index (κ3) is 6.82. The van der Waals surface area contributed by atoms with Crippen molar-refractivity contribution in [2.75, 3.05) is 39.8 Å². The Bertz CT molecular complexity index is 365. The number of carbonyl (C=O) groups excluding carboxylic acids is 2. The summed E-state index contributed by atoms with van der Waals surface area (Å²) in [7, 11) is 1.74. The summed E-state index contributed by atoms with van der Waals surface area (Å²) in [6.45, 7) is 5.36. The maximum absolute atomic E-state index is 11.7. The van der Waals surface area contributed by atoms with Crippen molar-refractivity contribution in [1.82, 2.24) is 15.1 Å². The normalized spacial score (nSPS) is 14.6. The molecule has 1 rings (SSSR count). The minimum absolute atomic E-state index is 0.00391. The summed E-state index contributed by atoms with van der Waals surface area (Å²) in [6, 6.07) is 0. The van der Waals surface area contributed by atoms with Crippen molar-refractivity contribution in [2.24, 2.45) is 0 Å². The van der Waals surface area contributed by atoms with Gasteiger partial charge in [0.2, 0.25) is 11.8 Å². The molecule has 0 atom stereocenters. The highest BCUT2D eigenvalue weighted by atomic mass is 16.2. The van der Waals surface area contributed by atoms with Gasteiger partial charge in [-0.05, 0) is 25.9 Å². The molecule has 0 aromatic carbocycles. The molecule has 1 aliphatic heterocycles. The van der Waals surface area contributed by atoms with Gasteiger partial charge in [0.25, 0.3) is 0 Å². The van der Waals surface area contributed by atoms with Gasteiger partial charge in [-0.2, -0.15) is 0 Å². The van der Waals surface area contributed by atoms with Crippen LogP contribution in [0.2, 0.25) is 0 Å². The predicted molar refractivity (Wildman–Crippen MR) is 74.4 cm³/mol. The zero-order chi connectivity index (χ0) is 14.1. The fourth-order valence-electron chi connectivity index (χ4n) is 1.91. The summed E-state index contributed by atoms with van der Waals surface area (Å²) in [5, 5.41) is 2.61. The van der Waals surface area contributed by atoms with Gasteiger partial charge in [-0.3, -0.25) is 14.5 Å². The maximum Gasteiger partial charge on any atom is 0.224 e. The highest BCUT2D eigenvalue weighted by Gasteiger charge is 2.09. The van der Waals surface area contributed by atoms with Crippen LogP contribution in [0.4, 0.5) is 0 Å². The molecule has 1 aliphatic rings. The summed E-state index contributed by atoms with van der Waals surface area (Å²) in [4.78, 5) is 26.3. The van der Waals surface area contributed by atoms with E-state index in [1.165, 1.54) is 19.8 Å². The molecule has 5 nitrogen and oxygen atoms in total. The van der Waals surface area contributed by atoms with Gasteiger partial charge in [-0.1, -0.05) is 11.8 Å². The molecular formula is C14H23N3O2. The molecule has 1 heterocycles. The molecule has 0 aromatic rings. The summed E-state index contributed by atoms with van der Waals surface area (Å²) >= 11 is 0. The number of amides is 2. The lowest BCUT2D eigenvalue weighted by Crippen LogP contribution is -2.31. The molecule has 2 amide bonds. The van der Waals surface area contributed by atoms with Crippen molar-refractivity contribution in [3.63, 3.8) is 0 Å². The van der Waals surface area contributed by atoms with Crippen molar-refractivity contribution in [3.05, 3.63) is 0 Å². The van der Waals surface area contributed by atoms with E-state index in [2.05, 4.69) is 22.1 Å². The van der Waals surface area contributed by atoms with Crippen LogP contribution in [0, 0.1) is 11.8 Å². The summed E-state index contributed by atoms with van der Waals surface area (Å²) < 4.78 is 0. The molecule has 106 valence electrons. The van der Waals surface area contributed by atoms with Gasteiger partial charge in [-0.15, -0.1) is 0 Å². The quantitative estimate of drug-likeness (QED) is 0.716. The average molecular weight is 265 g/mol. The minimum Gasteiger partial charge on any atom is -0.356 e. The minimum atomic E-state index is -0.110. The molecule has 1 fully saturated rings. The van der Waals surface area contributed by atoms with Crippen molar-refractivity contribution in [1.29, 1.82) is 0 Å². The number of nitrogens with one attached hydrogen (secondary N) is 1. The van der Waals surface area contributed by atoms with Crippen LogP contribution in [0.5, 0.6) is 0 Å². The second-order valence-electron chi connectivity index (χ2n) is 4.82. The topological polar surface area (TPSA) is 52.7 Å². The molecule has 0 unspecified atom stereocenters. The SMILES string of the molecule is CC(=O)NCCC(=O)N(C)CC#CCN1CCCC1. The van der Waals surface area contributed by atoms with E-state index in [1.54, 1.807) is 11.9 Å². The molecule has 5 heteroatoms. The van der Waals surface area contributed by atoms with E-state index < -0.39 is 0 Å². The lowest BCUT2D eigenvalue weighted by molar-refractivity contribution is -0.129.